The van der Waals surface area contributed by atoms with Gasteiger partial charge in [0.05, 0.1) is 0 Å². The van der Waals surface area contributed by atoms with Crippen molar-refractivity contribution in [2.75, 3.05) is 0 Å². The maximum atomic E-state index is 13.1. The van der Waals surface area contributed by atoms with E-state index in [0.717, 1.165) is 22.3 Å². The third kappa shape index (κ3) is 6.15. The Morgan fingerprint density at radius 3 is 0.976 bits per heavy atom. The molecule has 0 spiro atoms. The van der Waals surface area contributed by atoms with E-state index in [1.165, 1.54) is 0 Å². The molecule has 4 nitrogen and oxygen atoms in total. The fourth-order valence-electron chi connectivity index (χ4n) is 6.28. The van der Waals surface area contributed by atoms with Crippen molar-refractivity contribution in [1.82, 2.24) is 0 Å². The van der Waals surface area contributed by atoms with Gasteiger partial charge < -0.3 is 19.7 Å². The van der Waals surface area contributed by atoms with Gasteiger partial charge >= 0.3 is 35.6 Å². The van der Waals surface area contributed by atoms with E-state index in [1.54, 1.807) is 0 Å². The first-order chi connectivity index (χ1) is 19.9. The number of aliphatic hydroxyl groups is 2. The second-order valence-corrected chi connectivity index (χ2v) is 13.9. The Labute approximate surface area is 266 Å². The standard InChI is InChI=1S/C35H38O4.2ClH.Ti/c1-23-15-7-11-19-27(23)34(36,28-20-12-8-16-24(28)2)31-32(39-33(5,6)38-31)35(37,29-21-13-9-17-25(29)3)30-22-14-10-18-26(30)4;;;/h7-22,31-32,36-37H,1-6H3;2*1H;/q;;;+2/p-2/t31-,32-;;;/m0.../s1. The Balaban J connectivity index is 0.00000129. The Morgan fingerprint density at radius 1 is 0.548 bits per heavy atom. The number of hydrogen-bond acceptors (Lipinski definition) is 4. The molecule has 0 bridgehead atoms. The molecule has 1 fully saturated rings. The van der Waals surface area contributed by atoms with Crippen molar-refractivity contribution >= 4 is 18.6 Å². The van der Waals surface area contributed by atoms with Gasteiger partial charge in [0.15, 0.2) is 5.79 Å². The minimum atomic E-state index is -1.63. The quantitative estimate of drug-likeness (QED) is 0.210. The van der Waals surface area contributed by atoms with E-state index >= 15 is 0 Å². The average molecular weight is 641 g/mol. The zero-order valence-corrected chi connectivity index (χ0v) is 27.9. The molecule has 1 heterocycles. The van der Waals surface area contributed by atoms with E-state index in [9.17, 15) is 10.2 Å². The van der Waals surface area contributed by atoms with Crippen LogP contribution in [0.3, 0.4) is 0 Å². The molecule has 0 unspecified atom stereocenters. The summed E-state index contributed by atoms with van der Waals surface area (Å²) in [6.45, 7) is 11.6. The van der Waals surface area contributed by atoms with Crippen LogP contribution < -0.4 is 0 Å². The molecular weight excluding hydrogens is 603 g/mol. The summed E-state index contributed by atoms with van der Waals surface area (Å²) >= 11 is -0.556. The zero-order chi connectivity index (χ0) is 30.7. The summed E-state index contributed by atoms with van der Waals surface area (Å²) < 4.78 is 13.4. The van der Waals surface area contributed by atoms with Gasteiger partial charge in [-0.3, -0.25) is 0 Å². The molecule has 5 rings (SSSR count). The molecule has 0 aromatic heterocycles. The van der Waals surface area contributed by atoms with Gasteiger partial charge in [-0.15, -0.1) is 0 Å². The fraction of sp³-hybridized carbons (Fsp3) is 0.314. The van der Waals surface area contributed by atoms with Gasteiger partial charge in [0.2, 0.25) is 0 Å². The van der Waals surface area contributed by atoms with Gasteiger partial charge in [-0.2, -0.15) is 0 Å². The molecule has 0 saturated carbocycles. The molecule has 7 heteroatoms. The van der Waals surface area contributed by atoms with Crippen LogP contribution in [0.5, 0.6) is 0 Å². The van der Waals surface area contributed by atoms with Crippen LogP contribution >= 0.6 is 18.6 Å². The second kappa shape index (κ2) is 13.3. The maximum absolute atomic E-state index is 13.1. The first-order valence-electron chi connectivity index (χ1n) is 13.9. The van der Waals surface area contributed by atoms with E-state index in [0.29, 0.717) is 22.3 Å². The third-order valence-corrected chi connectivity index (χ3v) is 8.14. The van der Waals surface area contributed by atoms with Crippen molar-refractivity contribution in [3.63, 3.8) is 0 Å². The predicted octanol–water partition coefficient (Wildman–Crippen LogP) is 7.99. The van der Waals surface area contributed by atoms with Crippen molar-refractivity contribution < 1.29 is 36.7 Å². The van der Waals surface area contributed by atoms with Crippen LogP contribution in [0.15, 0.2) is 97.1 Å². The average Bonchev–Trinajstić information content (AvgIpc) is 3.30. The van der Waals surface area contributed by atoms with Gasteiger partial charge in [0.25, 0.3) is 0 Å². The normalized spacial score (nSPS) is 18.2. The summed E-state index contributed by atoms with van der Waals surface area (Å²) in [5, 5.41) is 26.2. The summed E-state index contributed by atoms with van der Waals surface area (Å²) in [5.74, 6) is -1.08. The molecule has 4 aromatic rings. The van der Waals surface area contributed by atoms with E-state index in [2.05, 4.69) is 0 Å². The minimum absolute atomic E-state index is 0.556. The van der Waals surface area contributed by atoms with Gasteiger partial charge in [0, 0.05) is 0 Å². The molecule has 0 amide bonds. The number of hydrogen-bond donors (Lipinski definition) is 2. The summed E-state index contributed by atoms with van der Waals surface area (Å²) in [4.78, 5) is 0. The number of ether oxygens (including phenoxy) is 2. The van der Waals surface area contributed by atoms with Gasteiger partial charge in [-0.05, 0) is 86.1 Å². The van der Waals surface area contributed by atoms with Crippen LogP contribution in [0.4, 0.5) is 0 Å². The van der Waals surface area contributed by atoms with Crippen molar-refractivity contribution in [2.45, 2.75) is 70.7 Å². The number of halogens is 2. The topological polar surface area (TPSA) is 58.9 Å². The Hall–Kier alpha value is -1.99. The Kier molecular flexibility index (Phi) is 10.5. The predicted molar refractivity (Wildman–Crippen MR) is 166 cm³/mol. The molecule has 1 saturated heterocycles. The number of benzene rings is 4. The summed E-state index contributed by atoms with van der Waals surface area (Å²) in [6.07, 6.45) is -1.92. The second-order valence-electron chi connectivity index (χ2n) is 11.3. The first-order valence-corrected chi connectivity index (χ1v) is 18.2. The van der Waals surface area contributed by atoms with E-state index in [-0.39, 0.29) is 0 Å². The first kappa shape index (κ1) is 32.9. The SMILES string of the molecule is Cc1ccccc1C(O)(c1ccccc1C)[C@H]1OC(C)(C)O[C@@H]1C(O)(c1ccccc1C)c1ccccc1C.[Cl][Ti][Cl]. The molecule has 4 aromatic carbocycles. The van der Waals surface area contributed by atoms with E-state index in [1.807, 2.05) is 139 Å². The Bertz CT molecular complexity index is 1320. The van der Waals surface area contributed by atoms with Crippen molar-refractivity contribution in [2.24, 2.45) is 0 Å². The zero-order valence-electron chi connectivity index (χ0n) is 24.9. The van der Waals surface area contributed by atoms with Gasteiger partial charge in [-0.25, -0.2) is 0 Å². The number of aryl methyl sites for hydroxylation is 4. The number of rotatable bonds is 6. The van der Waals surface area contributed by atoms with E-state index in [4.69, 9.17) is 28.1 Å². The molecule has 1 aliphatic heterocycles. The fourth-order valence-corrected chi connectivity index (χ4v) is 6.28. The molecule has 0 aliphatic carbocycles. The third-order valence-electron chi connectivity index (χ3n) is 8.14. The van der Waals surface area contributed by atoms with Gasteiger partial charge in [-0.1, -0.05) is 97.1 Å². The van der Waals surface area contributed by atoms with Crippen LogP contribution in [0.2, 0.25) is 0 Å². The summed E-state index contributed by atoms with van der Waals surface area (Å²) in [7, 11) is 9.78. The molecular formula is C35H38Cl2O4Ti. The van der Waals surface area contributed by atoms with Crippen molar-refractivity contribution in [3.8, 4) is 0 Å². The summed E-state index contributed by atoms with van der Waals surface area (Å²) in [5.41, 5.74) is 3.29. The van der Waals surface area contributed by atoms with E-state index < -0.39 is 46.2 Å². The molecule has 1 aliphatic rings. The van der Waals surface area contributed by atoms with Crippen LogP contribution in [0, 0.1) is 27.7 Å². The summed E-state index contributed by atoms with van der Waals surface area (Å²) in [6, 6.07) is 31.3. The van der Waals surface area contributed by atoms with Crippen LogP contribution in [0.25, 0.3) is 0 Å². The van der Waals surface area contributed by atoms with Crippen molar-refractivity contribution in [3.05, 3.63) is 142 Å². The van der Waals surface area contributed by atoms with Crippen LogP contribution in [-0.4, -0.2) is 28.2 Å². The van der Waals surface area contributed by atoms with Gasteiger partial charge in [0.1, 0.15) is 23.4 Å². The van der Waals surface area contributed by atoms with Crippen LogP contribution in [-0.2, 0) is 37.7 Å². The molecule has 42 heavy (non-hydrogen) atoms. The van der Waals surface area contributed by atoms with Crippen molar-refractivity contribution in [1.29, 1.82) is 0 Å². The van der Waals surface area contributed by atoms with Crippen LogP contribution in [0.1, 0.15) is 58.4 Å². The molecule has 2 N–H and O–H groups in total. The molecule has 2 atom stereocenters. The molecule has 220 valence electrons. The Morgan fingerprint density at radius 2 is 0.762 bits per heavy atom. The molecule has 0 radical (unpaired) electrons. The monoisotopic (exact) mass is 640 g/mol.